The van der Waals surface area contributed by atoms with Crippen LogP contribution in [0, 0.1) is 5.92 Å². The van der Waals surface area contributed by atoms with Crippen molar-refractivity contribution in [1.29, 1.82) is 0 Å². The van der Waals surface area contributed by atoms with Crippen molar-refractivity contribution in [3.05, 3.63) is 52.6 Å². The number of pyridine rings is 1. The van der Waals surface area contributed by atoms with Crippen LogP contribution < -0.4 is 5.32 Å². The Bertz CT molecular complexity index is 812. The zero-order valence-electron chi connectivity index (χ0n) is 15.9. The summed E-state index contributed by atoms with van der Waals surface area (Å²) in [6.45, 7) is 2.58. The van der Waals surface area contributed by atoms with Crippen LogP contribution in [0.5, 0.6) is 0 Å². The number of amides is 1. The Morgan fingerprint density at radius 1 is 1.18 bits per heavy atom. The number of anilines is 1. The van der Waals surface area contributed by atoms with Crippen molar-refractivity contribution < 1.29 is 4.79 Å². The zero-order valence-corrected chi connectivity index (χ0v) is 18.3. The van der Waals surface area contributed by atoms with Crippen molar-refractivity contribution in [1.82, 2.24) is 9.88 Å². The number of fused-ring (bicyclic) bond motifs is 1. The molecule has 1 aromatic carbocycles. The number of aromatic nitrogens is 1. The van der Waals surface area contributed by atoms with Crippen LogP contribution in [0.25, 0.3) is 0 Å². The number of hydrogen-bond donors (Lipinski definition) is 1. The van der Waals surface area contributed by atoms with Crippen LogP contribution in [0.4, 0.5) is 5.69 Å². The standard InChI is InChI=1S/C22H26BrN3OS/c23-18-7-3-5-16(13-18)22(27)25-19-9-10-21(24-14-19)28-15-17-6-4-12-26-11-2-1-8-20(17)26/h3,5,7,9-10,13-14,17,20H,1-2,4,6,8,11-12,15H2,(H,25,27). The van der Waals surface area contributed by atoms with Crippen LogP contribution in [0.3, 0.4) is 0 Å². The fourth-order valence-electron chi connectivity index (χ4n) is 4.34. The first-order chi connectivity index (χ1) is 13.7. The Hall–Kier alpha value is -1.37. The lowest BCUT2D eigenvalue weighted by Gasteiger charge is -2.44. The molecule has 2 aliphatic rings. The monoisotopic (exact) mass is 459 g/mol. The van der Waals surface area contributed by atoms with E-state index in [1.807, 2.05) is 42.1 Å². The van der Waals surface area contributed by atoms with Crippen molar-refractivity contribution in [2.75, 3.05) is 24.2 Å². The molecular weight excluding hydrogens is 434 g/mol. The Morgan fingerprint density at radius 3 is 2.89 bits per heavy atom. The second-order valence-corrected chi connectivity index (χ2v) is 9.62. The van der Waals surface area contributed by atoms with Crippen LogP contribution >= 0.6 is 27.7 Å². The highest BCUT2D eigenvalue weighted by atomic mass is 79.9. The number of rotatable bonds is 5. The van der Waals surface area contributed by atoms with Gasteiger partial charge in [0.2, 0.25) is 0 Å². The van der Waals surface area contributed by atoms with E-state index in [1.165, 1.54) is 45.2 Å². The molecule has 2 fully saturated rings. The second-order valence-electron chi connectivity index (χ2n) is 7.66. The van der Waals surface area contributed by atoms with Gasteiger partial charge in [0.25, 0.3) is 5.91 Å². The summed E-state index contributed by atoms with van der Waals surface area (Å²) in [5.74, 6) is 1.79. The molecule has 1 aromatic heterocycles. The number of carbonyl (C=O) groups is 1. The van der Waals surface area contributed by atoms with Gasteiger partial charge in [0.05, 0.1) is 16.9 Å². The Balaban J connectivity index is 1.31. The van der Waals surface area contributed by atoms with Crippen LogP contribution in [0.2, 0.25) is 0 Å². The van der Waals surface area contributed by atoms with Gasteiger partial charge in [0.1, 0.15) is 0 Å². The maximum atomic E-state index is 12.3. The molecule has 28 heavy (non-hydrogen) atoms. The first-order valence-electron chi connectivity index (χ1n) is 10.1. The van der Waals surface area contributed by atoms with Crippen molar-refractivity contribution in [3.8, 4) is 0 Å². The van der Waals surface area contributed by atoms with Gasteiger partial charge >= 0.3 is 0 Å². The summed E-state index contributed by atoms with van der Waals surface area (Å²) in [5.41, 5.74) is 1.35. The highest BCUT2D eigenvalue weighted by Gasteiger charge is 2.32. The first-order valence-corrected chi connectivity index (χ1v) is 11.9. The summed E-state index contributed by atoms with van der Waals surface area (Å²) in [5, 5.41) is 3.95. The van der Waals surface area contributed by atoms with E-state index in [1.54, 1.807) is 12.3 Å². The topological polar surface area (TPSA) is 45.2 Å². The lowest BCUT2D eigenvalue weighted by atomic mass is 9.85. The summed E-state index contributed by atoms with van der Waals surface area (Å²) in [6, 6.07) is 12.1. The van der Waals surface area contributed by atoms with E-state index in [2.05, 4.69) is 31.1 Å². The van der Waals surface area contributed by atoms with E-state index in [0.29, 0.717) is 5.56 Å². The van der Waals surface area contributed by atoms with Gasteiger partial charge in [-0.15, -0.1) is 11.8 Å². The lowest BCUT2D eigenvalue weighted by molar-refractivity contribution is 0.0693. The number of benzene rings is 1. The fraction of sp³-hybridized carbons (Fsp3) is 0.455. The van der Waals surface area contributed by atoms with Crippen LogP contribution in [-0.2, 0) is 0 Å². The normalized spacial score (nSPS) is 22.5. The average Bonchev–Trinajstić information content (AvgIpc) is 2.73. The molecule has 6 heteroatoms. The molecule has 3 heterocycles. The highest BCUT2D eigenvalue weighted by Crippen LogP contribution is 2.34. The number of nitrogens with one attached hydrogen (secondary N) is 1. The summed E-state index contributed by atoms with van der Waals surface area (Å²) >= 11 is 5.25. The van der Waals surface area contributed by atoms with Gasteiger partial charge in [-0.3, -0.25) is 4.79 Å². The Morgan fingerprint density at radius 2 is 2.07 bits per heavy atom. The molecular formula is C22H26BrN3OS. The van der Waals surface area contributed by atoms with Gasteiger partial charge in [-0.25, -0.2) is 4.98 Å². The number of piperidine rings is 2. The molecule has 2 aromatic rings. The molecule has 148 valence electrons. The molecule has 2 atom stereocenters. The third-order valence-corrected chi connectivity index (χ3v) is 7.38. The van der Waals surface area contributed by atoms with Crippen molar-refractivity contribution in [2.45, 2.75) is 43.2 Å². The maximum absolute atomic E-state index is 12.3. The van der Waals surface area contributed by atoms with E-state index in [4.69, 9.17) is 0 Å². The third kappa shape index (κ3) is 4.97. The highest BCUT2D eigenvalue weighted by molar-refractivity contribution is 9.10. The Labute approximate surface area is 179 Å². The van der Waals surface area contributed by atoms with Gasteiger partial charge in [0.15, 0.2) is 0 Å². The van der Waals surface area contributed by atoms with Crippen molar-refractivity contribution in [3.63, 3.8) is 0 Å². The molecule has 2 unspecified atom stereocenters. The van der Waals surface area contributed by atoms with E-state index < -0.39 is 0 Å². The minimum absolute atomic E-state index is 0.122. The first kappa shape index (κ1) is 19.9. The van der Waals surface area contributed by atoms with Gasteiger partial charge in [-0.1, -0.05) is 28.4 Å². The molecule has 0 radical (unpaired) electrons. The average molecular weight is 460 g/mol. The maximum Gasteiger partial charge on any atom is 0.255 e. The lowest BCUT2D eigenvalue weighted by Crippen LogP contribution is -2.48. The summed E-state index contributed by atoms with van der Waals surface area (Å²) in [4.78, 5) is 19.6. The van der Waals surface area contributed by atoms with Crippen molar-refractivity contribution >= 4 is 39.3 Å². The van der Waals surface area contributed by atoms with Gasteiger partial charge in [-0.2, -0.15) is 0 Å². The van der Waals surface area contributed by atoms with E-state index in [-0.39, 0.29) is 5.91 Å². The molecule has 1 N–H and O–H groups in total. The molecule has 1 amide bonds. The summed E-state index contributed by atoms with van der Waals surface area (Å²) in [6.07, 6.45) is 8.54. The number of nitrogens with zero attached hydrogens (tertiary/aromatic N) is 2. The largest absolute Gasteiger partial charge is 0.321 e. The molecule has 4 nitrogen and oxygen atoms in total. The molecule has 0 bridgehead atoms. The zero-order chi connectivity index (χ0) is 19.3. The Kier molecular flexibility index (Phi) is 6.70. The molecule has 4 rings (SSSR count). The SMILES string of the molecule is O=C(Nc1ccc(SCC2CCCN3CCCCC23)nc1)c1cccc(Br)c1. The molecule has 2 aliphatic heterocycles. The van der Waals surface area contributed by atoms with Crippen molar-refractivity contribution in [2.24, 2.45) is 5.92 Å². The molecule has 2 saturated heterocycles. The van der Waals surface area contributed by atoms with E-state index in [0.717, 1.165) is 32.9 Å². The minimum atomic E-state index is -0.122. The molecule has 0 spiro atoms. The van der Waals surface area contributed by atoms with Gasteiger partial charge in [0, 0.05) is 21.8 Å². The molecule has 0 aliphatic carbocycles. The number of carbonyl (C=O) groups excluding carboxylic acids is 1. The summed E-state index contributed by atoms with van der Waals surface area (Å²) in [7, 11) is 0. The third-order valence-electron chi connectivity index (χ3n) is 5.75. The number of hydrogen-bond acceptors (Lipinski definition) is 4. The summed E-state index contributed by atoms with van der Waals surface area (Å²) < 4.78 is 0.893. The quantitative estimate of drug-likeness (QED) is 0.603. The number of halogens is 1. The predicted molar refractivity (Wildman–Crippen MR) is 119 cm³/mol. The predicted octanol–water partition coefficient (Wildman–Crippen LogP) is 5.45. The number of thioether (sulfide) groups is 1. The van der Waals surface area contributed by atoms with Gasteiger partial charge < -0.3 is 10.2 Å². The fourth-order valence-corrected chi connectivity index (χ4v) is 5.80. The van der Waals surface area contributed by atoms with Crippen LogP contribution in [0.15, 0.2) is 52.1 Å². The van der Waals surface area contributed by atoms with E-state index in [9.17, 15) is 4.79 Å². The van der Waals surface area contributed by atoms with Gasteiger partial charge in [-0.05, 0) is 75.0 Å². The second kappa shape index (κ2) is 9.42. The van der Waals surface area contributed by atoms with Crippen LogP contribution in [0.1, 0.15) is 42.5 Å². The van der Waals surface area contributed by atoms with E-state index >= 15 is 0 Å². The minimum Gasteiger partial charge on any atom is -0.321 e. The van der Waals surface area contributed by atoms with Crippen LogP contribution in [-0.4, -0.2) is 40.7 Å². The molecule has 0 saturated carbocycles. The smallest absolute Gasteiger partial charge is 0.255 e.